The fraction of sp³-hybridized carbons (Fsp3) is 0.435. The second-order valence-electron chi connectivity index (χ2n) is 7.43. The van der Waals surface area contributed by atoms with Crippen molar-refractivity contribution in [2.75, 3.05) is 13.7 Å². The molecule has 0 saturated carbocycles. The van der Waals surface area contributed by atoms with E-state index in [9.17, 15) is 4.79 Å². The number of nitrogens with zero attached hydrogens (tertiary/aromatic N) is 1. The number of hydrogen-bond donors (Lipinski definition) is 1. The Balaban J connectivity index is 1.45. The lowest BCUT2D eigenvalue weighted by molar-refractivity contribution is -0.120. The highest BCUT2D eigenvalue weighted by atomic mass is 16.5. The van der Waals surface area contributed by atoms with E-state index in [1.807, 2.05) is 24.3 Å². The summed E-state index contributed by atoms with van der Waals surface area (Å²) >= 11 is 0. The third-order valence-electron chi connectivity index (χ3n) is 5.36. The third kappa shape index (κ3) is 5.83. The Kier molecular flexibility index (Phi) is 6.88. The molecule has 0 spiro atoms. The smallest absolute Gasteiger partial charge is 0.224 e. The number of nitrogens with one attached hydrogen (secondary N) is 1. The van der Waals surface area contributed by atoms with Gasteiger partial charge in [0.15, 0.2) is 0 Å². The topological polar surface area (TPSA) is 41.6 Å². The number of amides is 1. The van der Waals surface area contributed by atoms with Crippen LogP contribution in [0, 0.1) is 0 Å². The number of likely N-dealkylation sites (tertiary alicyclic amines) is 1. The number of ether oxygens (including phenoxy) is 1. The lowest BCUT2D eigenvalue weighted by Crippen LogP contribution is -2.36. The molecule has 1 aliphatic heterocycles. The first-order valence-corrected chi connectivity index (χ1v) is 9.85. The second kappa shape index (κ2) is 9.56. The molecule has 1 N–H and O–H groups in total. The average molecular weight is 367 g/mol. The minimum Gasteiger partial charge on any atom is -0.497 e. The van der Waals surface area contributed by atoms with E-state index in [-0.39, 0.29) is 5.91 Å². The summed E-state index contributed by atoms with van der Waals surface area (Å²) in [4.78, 5) is 14.7. The highest BCUT2D eigenvalue weighted by molar-refractivity contribution is 5.78. The molecule has 1 atom stereocenters. The van der Waals surface area contributed by atoms with Crippen molar-refractivity contribution in [2.45, 2.75) is 51.7 Å². The quantitative estimate of drug-likeness (QED) is 0.807. The maximum absolute atomic E-state index is 12.2. The summed E-state index contributed by atoms with van der Waals surface area (Å²) in [6.45, 7) is 5.11. The van der Waals surface area contributed by atoms with E-state index in [2.05, 4.69) is 41.4 Å². The fourth-order valence-corrected chi connectivity index (χ4v) is 3.58. The zero-order valence-corrected chi connectivity index (χ0v) is 16.4. The molecule has 0 radical (unpaired) electrons. The van der Waals surface area contributed by atoms with E-state index in [0.29, 0.717) is 19.0 Å². The van der Waals surface area contributed by atoms with Crippen LogP contribution in [-0.4, -0.2) is 30.5 Å². The molecule has 3 rings (SSSR count). The largest absolute Gasteiger partial charge is 0.497 e. The molecular weight excluding hydrogens is 336 g/mol. The van der Waals surface area contributed by atoms with E-state index in [1.54, 1.807) is 7.11 Å². The van der Waals surface area contributed by atoms with Gasteiger partial charge in [-0.15, -0.1) is 0 Å². The van der Waals surface area contributed by atoms with Crippen LogP contribution in [-0.2, 0) is 24.3 Å². The molecule has 0 aromatic heterocycles. The van der Waals surface area contributed by atoms with Gasteiger partial charge < -0.3 is 10.1 Å². The van der Waals surface area contributed by atoms with Gasteiger partial charge in [0.05, 0.1) is 13.5 Å². The molecule has 0 bridgehead atoms. The minimum atomic E-state index is 0.0337. The molecule has 144 valence electrons. The molecule has 2 aromatic rings. The van der Waals surface area contributed by atoms with Gasteiger partial charge in [0.2, 0.25) is 5.91 Å². The van der Waals surface area contributed by atoms with Crippen molar-refractivity contribution < 1.29 is 9.53 Å². The van der Waals surface area contributed by atoms with E-state index in [1.165, 1.54) is 31.4 Å². The second-order valence-corrected chi connectivity index (χ2v) is 7.43. The minimum absolute atomic E-state index is 0.0337. The molecule has 1 aliphatic rings. The van der Waals surface area contributed by atoms with Gasteiger partial charge in [0.25, 0.3) is 0 Å². The zero-order valence-electron chi connectivity index (χ0n) is 16.4. The van der Waals surface area contributed by atoms with E-state index >= 15 is 0 Å². The van der Waals surface area contributed by atoms with Crippen molar-refractivity contribution in [2.24, 2.45) is 0 Å². The zero-order chi connectivity index (χ0) is 19.1. The monoisotopic (exact) mass is 366 g/mol. The Morgan fingerprint density at radius 2 is 1.70 bits per heavy atom. The van der Waals surface area contributed by atoms with Crippen molar-refractivity contribution >= 4 is 5.91 Å². The number of methoxy groups -OCH3 is 1. The molecule has 27 heavy (non-hydrogen) atoms. The molecule has 4 nitrogen and oxygen atoms in total. The normalized spacial score (nSPS) is 17.5. The molecule has 4 heteroatoms. The van der Waals surface area contributed by atoms with Crippen molar-refractivity contribution in [1.82, 2.24) is 10.2 Å². The summed E-state index contributed by atoms with van der Waals surface area (Å²) in [6.07, 6.45) is 4.35. The number of benzene rings is 2. The van der Waals surface area contributed by atoms with Crippen LogP contribution in [0.15, 0.2) is 48.5 Å². The summed E-state index contributed by atoms with van der Waals surface area (Å²) in [7, 11) is 1.64. The van der Waals surface area contributed by atoms with Gasteiger partial charge in [0.1, 0.15) is 5.75 Å². The first kappa shape index (κ1) is 19.4. The predicted molar refractivity (Wildman–Crippen MR) is 109 cm³/mol. The summed E-state index contributed by atoms with van der Waals surface area (Å²) < 4.78 is 5.14. The van der Waals surface area contributed by atoms with Gasteiger partial charge in [-0.2, -0.15) is 0 Å². The van der Waals surface area contributed by atoms with E-state index < -0.39 is 0 Å². The molecule has 0 aliphatic carbocycles. The van der Waals surface area contributed by atoms with Crippen molar-refractivity contribution in [1.29, 1.82) is 0 Å². The average Bonchev–Trinajstić information content (AvgIpc) is 2.70. The maximum Gasteiger partial charge on any atom is 0.224 e. The molecule has 0 unspecified atom stereocenters. The van der Waals surface area contributed by atoms with Crippen LogP contribution in [0.2, 0.25) is 0 Å². The van der Waals surface area contributed by atoms with Crippen LogP contribution in [0.1, 0.15) is 42.9 Å². The van der Waals surface area contributed by atoms with Crippen LogP contribution < -0.4 is 10.1 Å². The van der Waals surface area contributed by atoms with Gasteiger partial charge in [-0.25, -0.2) is 0 Å². The molecule has 2 aromatic carbocycles. The molecule has 1 amide bonds. The highest BCUT2D eigenvalue weighted by Crippen LogP contribution is 2.19. The van der Waals surface area contributed by atoms with E-state index in [0.717, 1.165) is 23.4 Å². The Morgan fingerprint density at radius 3 is 2.37 bits per heavy atom. The number of hydrogen-bond acceptors (Lipinski definition) is 3. The van der Waals surface area contributed by atoms with Gasteiger partial charge >= 0.3 is 0 Å². The molecule has 1 heterocycles. The number of piperidine rings is 1. The summed E-state index contributed by atoms with van der Waals surface area (Å²) in [6, 6.07) is 16.9. The number of rotatable bonds is 7. The Hall–Kier alpha value is -2.33. The van der Waals surface area contributed by atoms with Crippen molar-refractivity contribution in [3.63, 3.8) is 0 Å². The molecular formula is C23H30N2O2. The Morgan fingerprint density at radius 1 is 1.04 bits per heavy atom. The van der Waals surface area contributed by atoms with Crippen LogP contribution >= 0.6 is 0 Å². The molecule has 1 fully saturated rings. The Bertz CT molecular complexity index is 725. The first-order valence-electron chi connectivity index (χ1n) is 9.85. The first-order chi connectivity index (χ1) is 13.1. The van der Waals surface area contributed by atoms with Gasteiger partial charge in [-0.05, 0) is 55.1 Å². The van der Waals surface area contributed by atoms with Crippen molar-refractivity contribution in [3.8, 4) is 5.75 Å². The summed E-state index contributed by atoms with van der Waals surface area (Å²) in [5.41, 5.74) is 3.46. The summed E-state index contributed by atoms with van der Waals surface area (Å²) in [5.74, 6) is 0.838. The van der Waals surface area contributed by atoms with Crippen LogP contribution in [0.5, 0.6) is 5.75 Å². The van der Waals surface area contributed by atoms with Crippen LogP contribution in [0.4, 0.5) is 0 Å². The van der Waals surface area contributed by atoms with E-state index in [4.69, 9.17) is 4.74 Å². The van der Waals surface area contributed by atoms with Crippen LogP contribution in [0.25, 0.3) is 0 Å². The fourth-order valence-electron chi connectivity index (χ4n) is 3.58. The predicted octanol–water partition coefficient (Wildman–Crippen LogP) is 3.93. The highest BCUT2D eigenvalue weighted by Gasteiger charge is 2.17. The summed E-state index contributed by atoms with van der Waals surface area (Å²) in [5, 5.41) is 3.00. The van der Waals surface area contributed by atoms with Gasteiger partial charge in [-0.1, -0.05) is 42.8 Å². The number of carbonyl (C=O) groups excluding carboxylic acids is 1. The van der Waals surface area contributed by atoms with Gasteiger partial charge in [-0.3, -0.25) is 9.69 Å². The third-order valence-corrected chi connectivity index (χ3v) is 5.36. The lowest BCUT2D eigenvalue weighted by Gasteiger charge is -2.33. The lowest BCUT2D eigenvalue weighted by atomic mass is 10.0. The Labute approximate surface area is 162 Å². The number of carbonyl (C=O) groups is 1. The van der Waals surface area contributed by atoms with Crippen molar-refractivity contribution in [3.05, 3.63) is 65.2 Å². The van der Waals surface area contributed by atoms with Gasteiger partial charge in [0, 0.05) is 19.1 Å². The van der Waals surface area contributed by atoms with Crippen LogP contribution in [0.3, 0.4) is 0 Å². The molecule has 1 saturated heterocycles. The maximum atomic E-state index is 12.2. The standard InChI is InChI=1S/C23H30N2O2/c1-18-5-3-4-14-25(18)17-21-8-6-20(7-9-21)16-24-23(26)15-19-10-12-22(27-2)13-11-19/h6-13,18H,3-5,14-17H2,1-2H3,(H,24,26)/t18-/m1/s1. The SMILES string of the molecule is COc1ccc(CC(=O)NCc2ccc(CN3CCCC[C@H]3C)cc2)cc1.